The Kier molecular flexibility index (Phi) is 6.05. The van der Waals surface area contributed by atoms with E-state index in [0.29, 0.717) is 41.3 Å². The van der Waals surface area contributed by atoms with Crippen LogP contribution in [-0.2, 0) is 12.5 Å². The highest BCUT2D eigenvalue weighted by atomic mass is 35.5. The van der Waals surface area contributed by atoms with Crippen molar-refractivity contribution in [2.24, 2.45) is 7.05 Å². The molecular formula is C19H26Cl2N6O. The van der Waals surface area contributed by atoms with Crippen LogP contribution in [0.3, 0.4) is 0 Å². The fraction of sp³-hybridized carbons (Fsp3) is 0.526. The summed E-state index contributed by atoms with van der Waals surface area (Å²) in [6, 6.07) is 3.50. The van der Waals surface area contributed by atoms with Crippen LogP contribution in [0.2, 0.25) is 10.0 Å². The molecule has 152 valence electrons. The van der Waals surface area contributed by atoms with E-state index >= 15 is 0 Å². The molecular weight excluding hydrogens is 399 g/mol. The number of hydrogen-bond acceptors (Lipinski definition) is 4. The van der Waals surface area contributed by atoms with Gasteiger partial charge in [0, 0.05) is 50.9 Å². The van der Waals surface area contributed by atoms with Crippen molar-refractivity contribution in [3.05, 3.63) is 34.1 Å². The first-order valence-electron chi connectivity index (χ1n) is 9.31. The van der Waals surface area contributed by atoms with Gasteiger partial charge in [-0.15, -0.1) is 0 Å². The summed E-state index contributed by atoms with van der Waals surface area (Å²) in [7, 11) is 1.84. The second kappa shape index (κ2) is 8.17. The molecule has 1 fully saturated rings. The van der Waals surface area contributed by atoms with Gasteiger partial charge in [-0.3, -0.25) is 10.00 Å². The number of pyridine rings is 1. The molecule has 1 aliphatic heterocycles. The van der Waals surface area contributed by atoms with Crippen LogP contribution in [0.1, 0.15) is 32.9 Å². The quantitative estimate of drug-likeness (QED) is 0.785. The molecule has 2 aromatic heterocycles. The molecule has 1 saturated heterocycles. The molecule has 0 spiro atoms. The van der Waals surface area contributed by atoms with E-state index in [1.807, 2.05) is 18.0 Å². The standard InChI is InChI=1S/C19H26Cl2N6O/c1-19(2,3)15-11-16(25(4)24-15)23-18(28)27-7-5-6-26(8-9-27)17-14(21)10-13(20)12-22-17/h10-12H,5-9H2,1-4H3,(H,23,28). The highest BCUT2D eigenvalue weighted by Gasteiger charge is 2.24. The van der Waals surface area contributed by atoms with E-state index in [1.54, 1.807) is 16.9 Å². The summed E-state index contributed by atoms with van der Waals surface area (Å²) in [5.74, 6) is 1.40. The Labute approximate surface area is 175 Å². The molecule has 7 nitrogen and oxygen atoms in total. The molecule has 0 bridgehead atoms. The number of amides is 2. The predicted octanol–water partition coefficient (Wildman–Crippen LogP) is 4.16. The Balaban J connectivity index is 1.65. The molecule has 3 heterocycles. The van der Waals surface area contributed by atoms with Crippen molar-refractivity contribution in [3.8, 4) is 0 Å². The zero-order valence-corrected chi connectivity index (χ0v) is 18.2. The maximum absolute atomic E-state index is 12.8. The van der Waals surface area contributed by atoms with E-state index in [4.69, 9.17) is 23.2 Å². The second-order valence-corrected chi connectivity index (χ2v) is 8.85. The molecule has 9 heteroatoms. The minimum Gasteiger partial charge on any atom is -0.354 e. The third-order valence-corrected chi connectivity index (χ3v) is 5.24. The third kappa shape index (κ3) is 4.70. The average molecular weight is 425 g/mol. The van der Waals surface area contributed by atoms with Gasteiger partial charge in [-0.2, -0.15) is 5.10 Å². The second-order valence-electron chi connectivity index (χ2n) is 8.01. The lowest BCUT2D eigenvalue weighted by atomic mass is 9.92. The number of aryl methyl sites for hydroxylation is 1. The lowest BCUT2D eigenvalue weighted by Gasteiger charge is -2.23. The van der Waals surface area contributed by atoms with Crippen LogP contribution in [-0.4, -0.2) is 51.9 Å². The van der Waals surface area contributed by atoms with Gasteiger partial charge in [0.25, 0.3) is 0 Å². The summed E-state index contributed by atoms with van der Waals surface area (Å²) in [6.45, 7) is 8.97. The van der Waals surface area contributed by atoms with Gasteiger partial charge >= 0.3 is 6.03 Å². The fourth-order valence-corrected chi connectivity index (χ4v) is 3.61. The van der Waals surface area contributed by atoms with Crippen LogP contribution in [0.4, 0.5) is 16.4 Å². The molecule has 0 radical (unpaired) electrons. The van der Waals surface area contributed by atoms with Gasteiger partial charge in [0.15, 0.2) is 0 Å². The smallest absolute Gasteiger partial charge is 0.323 e. The number of carbonyl (C=O) groups excluding carboxylic acids is 1. The Bertz CT molecular complexity index is 861. The molecule has 0 atom stereocenters. The zero-order chi connectivity index (χ0) is 20.5. The van der Waals surface area contributed by atoms with E-state index in [-0.39, 0.29) is 11.4 Å². The van der Waals surface area contributed by atoms with Crippen molar-refractivity contribution in [2.75, 3.05) is 36.4 Å². The summed E-state index contributed by atoms with van der Waals surface area (Å²) < 4.78 is 1.71. The molecule has 3 rings (SSSR count). The van der Waals surface area contributed by atoms with Gasteiger partial charge < -0.3 is 9.80 Å². The predicted molar refractivity (Wildman–Crippen MR) is 114 cm³/mol. The molecule has 1 N–H and O–H groups in total. The summed E-state index contributed by atoms with van der Waals surface area (Å²) in [5, 5.41) is 8.52. The van der Waals surface area contributed by atoms with Gasteiger partial charge in [-0.1, -0.05) is 44.0 Å². The summed E-state index contributed by atoms with van der Waals surface area (Å²) in [4.78, 5) is 21.0. The minimum atomic E-state index is -0.125. The highest BCUT2D eigenvalue weighted by molar-refractivity contribution is 6.36. The Morgan fingerprint density at radius 3 is 2.54 bits per heavy atom. The number of nitrogens with zero attached hydrogens (tertiary/aromatic N) is 5. The monoisotopic (exact) mass is 424 g/mol. The lowest BCUT2D eigenvalue weighted by Crippen LogP contribution is -2.38. The van der Waals surface area contributed by atoms with E-state index in [9.17, 15) is 4.79 Å². The zero-order valence-electron chi connectivity index (χ0n) is 16.7. The van der Waals surface area contributed by atoms with Gasteiger partial charge in [0.1, 0.15) is 11.6 Å². The Hall–Kier alpha value is -1.99. The minimum absolute atomic E-state index is 0.0747. The lowest BCUT2D eigenvalue weighted by molar-refractivity contribution is 0.215. The highest BCUT2D eigenvalue weighted by Crippen LogP contribution is 2.27. The third-order valence-electron chi connectivity index (χ3n) is 4.75. The SMILES string of the molecule is Cn1nc(C(C)(C)C)cc1NC(=O)N1CCCN(c2ncc(Cl)cc2Cl)CC1. The fourth-order valence-electron chi connectivity index (χ4n) is 3.11. The summed E-state index contributed by atoms with van der Waals surface area (Å²) in [6.07, 6.45) is 2.42. The first-order chi connectivity index (χ1) is 13.1. The first kappa shape index (κ1) is 20.7. The van der Waals surface area contributed by atoms with Crippen molar-refractivity contribution < 1.29 is 4.79 Å². The normalized spacial score (nSPS) is 15.5. The average Bonchev–Trinajstić information content (AvgIpc) is 2.82. The van der Waals surface area contributed by atoms with Crippen molar-refractivity contribution in [3.63, 3.8) is 0 Å². The molecule has 0 aromatic carbocycles. The van der Waals surface area contributed by atoms with E-state index in [2.05, 4.69) is 41.1 Å². The summed E-state index contributed by atoms with van der Waals surface area (Å²) >= 11 is 12.2. The molecule has 0 aliphatic carbocycles. The van der Waals surface area contributed by atoms with Crippen molar-refractivity contribution in [2.45, 2.75) is 32.6 Å². The molecule has 1 aliphatic rings. The van der Waals surface area contributed by atoms with Crippen molar-refractivity contribution in [1.82, 2.24) is 19.7 Å². The topological polar surface area (TPSA) is 66.3 Å². The molecule has 0 unspecified atom stereocenters. The largest absolute Gasteiger partial charge is 0.354 e. The van der Waals surface area contributed by atoms with Crippen LogP contribution < -0.4 is 10.2 Å². The number of anilines is 2. The van der Waals surface area contributed by atoms with Crippen molar-refractivity contribution in [1.29, 1.82) is 0 Å². The number of aromatic nitrogens is 3. The Morgan fingerprint density at radius 2 is 1.89 bits per heavy atom. The first-order valence-corrected chi connectivity index (χ1v) is 10.1. The summed E-state index contributed by atoms with van der Waals surface area (Å²) in [5.41, 5.74) is 0.866. The maximum Gasteiger partial charge on any atom is 0.323 e. The van der Waals surface area contributed by atoms with E-state index in [0.717, 1.165) is 18.7 Å². The number of carbonyl (C=O) groups is 1. The van der Waals surface area contributed by atoms with Crippen LogP contribution in [0.5, 0.6) is 0 Å². The molecule has 28 heavy (non-hydrogen) atoms. The van der Waals surface area contributed by atoms with Gasteiger partial charge in [-0.05, 0) is 12.5 Å². The number of nitrogens with one attached hydrogen (secondary N) is 1. The number of halogens is 2. The Morgan fingerprint density at radius 1 is 1.14 bits per heavy atom. The van der Waals surface area contributed by atoms with Gasteiger partial charge in [0.2, 0.25) is 0 Å². The van der Waals surface area contributed by atoms with Crippen LogP contribution in [0, 0.1) is 0 Å². The van der Waals surface area contributed by atoms with E-state index < -0.39 is 0 Å². The molecule has 2 aromatic rings. The number of hydrogen-bond donors (Lipinski definition) is 1. The van der Waals surface area contributed by atoms with E-state index in [1.165, 1.54) is 0 Å². The number of rotatable bonds is 2. The molecule has 0 saturated carbocycles. The van der Waals surface area contributed by atoms with Gasteiger partial charge in [-0.25, -0.2) is 9.78 Å². The van der Waals surface area contributed by atoms with Crippen molar-refractivity contribution >= 4 is 40.9 Å². The van der Waals surface area contributed by atoms with Crippen LogP contribution in [0.25, 0.3) is 0 Å². The van der Waals surface area contributed by atoms with Crippen LogP contribution in [0.15, 0.2) is 18.3 Å². The van der Waals surface area contributed by atoms with Crippen LogP contribution >= 0.6 is 23.2 Å². The maximum atomic E-state index is 12.8. The number of urea groups is 1. The molecule has 2 amide bonds. The van der Waals surface area contributed by atoms with Gasteiger partial charge in [0.05, 0.1) is 15.7 Å².